The number of carbonyl (C=O) groups is 3. The van der Waals surface area contributed by atoms with E-state index in [1.165, 1.54) is 0 Å². The van der Waals surface area contributed by atoms with Gasteiger partial charge in [-0.25, -0.2) is 14.4 Å². The third-order valence-electron chi connectivity index (χ3n) is 6.67. The van der Waals surface area contributed by atoms with Crippen molar-refractivity contribution in [1.29, 1.82) is 0 Å². The fourth-order valence-electron chi connectivity index (χ4n) is 4.81. The molecule has 0 saturated heterocycles. The molecule has 4 rings (SSSR count). The lowest BCUT2D eigenvalue weighted by Crippen LogP contribution is -2.39. The molecule has 1 atom stereocenters. The van der Waals surface area contributed by atoms with Gasteiger partial charge in [-0.1, -0.05) is 61.7 Å². The van der Waals surface area contributed by atoms with Crippen LogP contribution in [0.25, 0.3) is 10.4 Å². The Hall–Kier alpha value is -3.85. The van der Waals surface area contributed by atoms with Gasteiger partial charge in [0, 0.05) is 16.1 Å². The number of thiophene rings is 1. The predicted molar refractivity (Wildman–Crippen MR) is 145 cm³/mol. The Labute approximate surface area is 225 Å². The molecule has 38 heavy (non-hydrogen) atoms. The molecule has 9 heteroatoms. The minimum Gasteiger partial charge on any atom is -0.480 e. The topological polar surface area (TPSA) is 122 Å². The molecule has 1 fully saturated rings. The number of esters is 1. The highest BCUT2D eigenvalue weighted by atomic mass is 32.1. The summed E-state index contributed by atoms with van der Waals surface area (Å²) < 4.78 is 11.0. The number of benzene rings is 2. The number of carboxylic acids is 2. The first kappa shape index (κ1) is 27.2. The second-order valence-electron chi connectivity index (χ2n) is 9.40. The Balaban J connectivity index is 1.58. The van der Waals surface area contributed by atoms with E-state index in [2.05, 4.69) is 5.32 Å². The molecule has 1 heterocycles. The number of nitrogens with one attached hydrogen (secondary N) is 1. The van der Waals surface area contributed by atoms with E-state index < -0.39 is 24.6 Å². The van der Waals surface area contributed by atoms with E-state index in [1.807, 2.05) is 54.6 Å². The summed E-state index contributed by atoms with van der Waals surface area (Å²) in [5.74, 6) is -2.46. The van der Waals surface area contributed by atoms with E-state index in [9.17, 15) is 19.5 Å². The molecule has 1 saturated carbocycles. The van der Waals surface area contributed by atoms with Crippen LogP contribution in [0.3, 0.4) is 0 Å². The van der Waals surface area contributed by atoms with Crippen molar-refractivity contribution in [2.75, 3.05) is 11.9 Å². The van der Waals surface area contributed by atoms with Crippen LogP contribution in [0, 0.1) is 12.8 Å². The quantitative estimate of drug-likeness (QED) is 0.255. The molecule has 8 nitrogen and oxygen atoms in total. The highest BCUT2D eigenvalue weighted by molar-refractivity contribution is 7.18. The van der Waals surface area contributed by atoms with Gasteiger partial charge in [0.05, 0.1) is 0 Å². The van der Waals surface area contributed by atoms with Crippen molar-refractivity contribution < 1.29 is 34.1 Å². The Morgan fingerprint density at radius 2 is 1.76 bits per heavy atom. The molecule has 0 bridgehead atoms. The zero-order valence-corrected chi connectivity index (χ0v) is 22.0. The van der Waals surface area contributed by atoms with Crippen LogP contribution in [-0.2, 0) is 20.9 Å². The van der Waals surface area contributed by atoms with Crippen molar-refractivity contribution in [1.82, 2.24) is 0 Å². The summed E-state index contributed by atoms with van der Waals surface area (Å²) >= 11 is 1.03. The maximum Gasteiger partial charge on any atom is 0.349 e. The van der Waals surface area contributed by atoms with Gasteiger partial charge in [-0.3, -0.25) is 0 Å². The number of hydrogen-bond donors (Lipinski definition) is 3. The van der Waals surface area contributed by atoms with Gasteiger partial charge < -0.3 is 25.0 Å². The number of hydrogen-bond acceptors (Lipinski definition) is 7. The third-order valence-corrected chi connectivity index (χ3v) is 7.98. The van der Waals surface area contributed by atoms with Gasteiger partial charge in [-0.2, -0.15) is 0 Å². The molecule has 0 spiro atoms. The molecule has 200 valence electrons. The van der Waals surface area contributed by atoms with E-state index in [0.717, 1.165) is 54.6 Å². The molecule has 0 radical (unpaired) electrons. The summed E-state index contributed by atoms with van der Waals surface area (Å²) in [6.45, 7) is 1.28. The zero-order chi connectivity index (χ0) is 27.1. The molecule has 2 aromatic carbocycles. The van der Waals surface area contributed by atoms with Gasteiger partial charge in [-0.05, 0) is 48.9 Å². The van der Waals surface area contributed by atoms with Gasteiger partial charge >= 0.3 is 17.9 Å². The number of aliphatic carboxylic acids is 1. The van der Waals surface area contributed by atoms with Gasteiger partial charge in [0.1, 0.15) is 18.4 Å². The highest BCUT2D eigenvalue weighted by Crippen LogP contribution is 2.42. The lowest BCUT2D eigenvalue weighted by Gasteiger charge is -2.30. The van der Waals surface area contributed by atoms with E-state index in [4.69, 9.17) is 14.6 Å². The van der Waals surface area contributed by atoms with Crippen molar-refractivity contribution in [3.63, 3.8) is 0 Å². The van der Waals surface area contributed by atoms with Gasteiger partial charge in [0.25, 0.3) is 0 Å². The van der Waals surface area contributed by atoms with Crippen LogP contribution in [0.15, 0.2) is 54.6 Å². The van der Waals surface area contributed by atoms with Crippen LogP contribution in [0.4, 0.5) is 5.69 Å². The average Bonchev–Trinajstić information content (AvgIpc) is 3.26. The standard InChI is InChI=1S/C29H31NO7S/c1-18-25(36-17-23(31)32)27(28(33)34)38-26(18)21-13-8-14-22(15-21)30-24(20-11-6-3-7-12-20)29(35)37-16-19-9-4-2-5-10-19/h2,4-5,8-10,13-15,20,24,30H,3,6-7,11-12,16-17H2,1H3,(H,31,32)(H,33,34). The van der Waals surface area contributed by atoms with Gasteiger partial charge in [-0.15, -0.1) is 11.3 Å². The minimum absolute atomic E-state index is 0.0540. The van der Waals surface area contributed by atoms with E-state index >= 15 is 0 Å². The molecular weight excluding hydrogens is 506 g/mol. The molecule has 1 aliphatic carbocycles. The maximum absolute atomic E-state index is 13.3. The van der Waals surface area contributed by atoms with Crippen molar-refractivity contribution in [3.8, 4) is 16.2 Å². The lowest BCUT2D eigenvalue weighted by molar-refractivity contribution is -0.147. The SMILES string of the molecule is Cc1c(-c2cccc(NC(C(=O)OCc3ccccc3)C3CCCCC3)c2)sc(C(=O)O)c1OCC(=O)O. The van der Waals surface area contributed by atoms with Crippen molar-refractivity contribution in [2.45, 2.75) is 51.7 Å². The third kappa shape index (κ3) is 6.72. The molecule has 1 aromatic heterocycles. The first-order valence-corrected chi connectivity index (χ1v) is 13.4. The molecule has 3 N–H and O–H groups in total. The summed E-state index contributed by atoms with van der Waals surface area (Å²) in [5, 5.41) is 22.0. The number of ether oxygens (including phenoxy) is 2. The average molecular weight is 538 g/mol. The number of aromatic carboxylic acids is 1. The van der Waals surface area contributed by atoms with Crippen molar-refractivity contribution in [2.24, 2.45) is 5.92 Å². The van der Waals surface area contributed by atoms with E-state index in [1.54, 1.807) is 6.92 Å². The number of rotatable bonds is 11. The first-order valence-electron chi connectivity index (χ1n) is 12.6. The monoisotopic (exact) mass is 537 g/mol. The maximum atomic E-state index is 13.3. The Morgan fingerprint density at radius 1 is 1.03 bits per heavy atom. The van der Waals surface area contributed by atoms with E-state index in [-0.39, 0.29) is 29.1 Å². The summed E-state index contributed by atoms with van der Waals surface area (Å²) in [6.07, 6.45) is 5.18. The van der Waals surface area contributed by atoms with Gasteiger partial charge in [0.2, 0.25) is 0 Å². The number of carbonyl (C=O) groups excluding carboxylic acids is 1. The van der Waals surface area contributed by atoms with Crippen LogP contribution in [0.1, 0.15) is 52.9 Å². The second-order valence-corrected chi connectivity index (χ2v) is 10.4. The fraction of sp³-hybridized carbons (Fsp3) is 0.345. The number of carboxylic acid groups (broad SMARTS) is 2. The zero-order valence-electron chi connectivity index (χ0n) is 21.1. The summed E-state index contributed by atoms with van der Waals surface area (Å²) in [5.41, 5.74) is 2.93. The van der Waals surface area contributed by atoms with Crippen LogP contribution in [0.5, 0.6) is 5.75 Å². The Bertz CT molecular complexity index is 1280. The summed E-state index contributed by atoms with van der Waals surface area (Å²) in [6, 6.07) is 16.5. The Kier molecular flexibility index (Phi) is 9.02. The molecule has 0 amide bonds. The summed E-state index contributed by atoms with van der Waals surface area (Å²) in [4.78, 5) is 36.7. The summed E-state index contributed by atoms with van der Waals surface area (Å²) in [7, 11) is 0. The van der Waals surface area contributed by atoms with Crippen molar-refractivity contribution >= 4 is 34.9 Å². The molecule has 1 aliphatic rings. The molecular formula is C29H31NO7S. The first-order chi connectivity index (χ1) is 18.3. The van der Waals surface area contributed by atoms with Crippen LogP contribution in [-0.4, -0.2) is 40.8 Å². The number of anilines is 1. The minimum atomic E-state index is -1.19. The molecule has 3 aromatic rings. The Morgan fingerprint density at radius 3 is 2.45 bits per heavy atom. The normalized spacial score (nSPS) is 14.4. The fourth-order valence-corrected chi connectivity index (χ4v) is 5.89. The van der Waals surface area contributed by atoms with Crippen LogP contribution < -0.4 is 10.1 Å². The van der Waals surface area contributed by atoms with Crippen LogP contribution >= 0.6 is 11.3 Å². The molecule has 1 unspecified atom stereocenters. The smallest absolute Gasteiger partial charge is 0.349 e. The van der Waals surface area contributed by atoms with Crippen LogP contribution in [0.2, 0.25) is 0 Å². The largest absolute Gasteiger partial charge is 0.480 e. The second kappa shape index (κ2) is 12.6. The highest BCUT2D eigenvalue weighted by Gasteiger charge is 2.31. The lowest BCUT2D eigenvalue weighted by atomic mass is 9.83. The van der Waals surface area contributed by atoms with Crippen molar-refractivity contribution in [3.05, 3.63) is 70.6 Å². The van der Waals surface area contributed by atoms with E-state index in [0.29, 0.717) is 16.1 Å². The molecule has 0 aliphatic heterocycles. The predicted octanol–water partition coefficient (Wildman–Crippen LogP) is 5.99. The van der Waals surface area contributed by atoms with Gasteiger partial charge in [0.15, 0.2) is 11.5 Å².